The van der Waals surface area contributed by atoms with Gasteiger partial charge < -0.3 is 14.9 Å². The molecule has 2 rings (SSSR count). The largest absolute Gasteiger partial charge is 0.489 e. The number of hydrazine groups is 1. The average Bonchev–Trinajstić information content (AvgIpc) is 2.42. The highest BCUT2D eigenvalue weighted by molar-refractivity contribution is 5.55. The number of hydrogen-bond acceptors (Lipinski definition) is 6. The maximum absolute atomic E-state index is 13.5. The van der Waals surface area contributed by atoms with Crippen molar-refractivity contribution in [3.8, 4) is 17.4 Å². The number of rotatable bonds is 4. The van der Waals surface area contributed by atoms with Crippen molar-refractivity contribution in [2.75, 3.05) is 12.5 Å². The van der Waals surface area contributed by atoms with Gasteiger partial charge in [0, 0.05) is 6.07 Å². The zero-order valence-corrected chi connectivity index (χ0v) is 9.85. The zero-order valence-electron chi connectivity index (χ0n) is 9.85. The second kappa shape index (κ2) is 5.44. The van der Waals surface area contributed by atoms with Crippen LogP contribution in [0.15, 0.2) is 24.5 Å². The Morgan fingerprint density at radius 2 is 2.05 bits per heavy atom. The Hall–Kier alpha value is -2.48. The molecule has 0 spiro atoms. The molecule has 0 unspecified atom stereocenters. The summed E-state index contributed by atoms with van der Waals surface area (Å²) in [6.45, 7) is 0. The van der Waals surface area contributed by atoms with E-state index >= 15 is 0 Å². The van der Waals surface area contributed by atoms with Gasteiger partial charge in [-0.3, -0.25) is 0 Å². The van der Waals surface area contributed by atoms with E-state index in [1.807, 2.05) is 0 Å². The van der Waals surface area contributed by atoms with E-state index in [4.69, 9.17) is 15.3 Å². The lowest BCUT2D eigenvalue weighted by Gasteiger charge is -2.11. The van der Waals surface area contributed by atoms with Crippen LogP contribution in [-0.2, 0) is 0 Å². The van der Waals surface area contributed by atoms with Crippen LogP contribution in [0.1, 0.15) is 0 Å². The van der Waals surface area contributed by atoms with E-state index in [9.17, 15) is 8.78 Å². The minimum atomic E-state index is -0.732. The fourth-order valence-corrected chi connectivity index (χ4v) is 1.38. The predicted molar refractivity (Wildman–Crippen MR) is 62.8 cm³/mol. The molecule has 6 nitrogen and oxygen atoms in total. The molecule has 2 aromatic rings. The van der Waals surface area contributed by atoms with Gasteiger partial charge in [0.25, 0.3) is 5.88 Å². The lowest BCUT2D eigenvalue weighted by molar-refractivity contribution is 0.359. The monoisotopic (exact) mass is 268 g/mol. The van der Waals surface area contributed by atoms with Crippen molar-refractivity contribution >= 4 is 5.82 Å². The summed E-state index contributed by atoms with van der Waals surface area (Å²) >= 11 is 0. The highest BCUT2D eigenvalue weighted by Gasteiger charge is 2.15. The Morgan fingerprint density at radius 1 is 1.26 bits per heavy atom. The molecule has 0 atom stereocenters. The first-order valence-corrected chi connectivity index (χ1v) is 5.14. The number of ether oxygens (including phenoxy) is 2. The Balaban J connectivity index is 2.40. The molecule has 1 aromatic heterocycles. The van der Waals surface area contributed by atoms with Crippen molar-refractivity contribution in [3.05, 3.63) is 36.2 Å². The standard InChI is InChI=1S/C11H10F2N4O2/c1-18-9-10(17-14)15-5-16-11(9)19-8-4-6(12)2-3-7(8)13/h2-5H,14H2,1H3,(H,15,16,17). The van der Waals surface area contributed by atoms with E-state index < -0.39 is 11.6 Å². The second-order valence-corrected chi connectivity index (χ2v) is 3.38. The van der Waals surface area contributed by atoms with Crippen molar-refractivity contribution in [2.24, 2.45) is 5.84 Å². The van der Waals surface area contributed by atoms with Gasteiger partial charge in [0.05, 0.1) is 7.11 Å². The first kappa shape index (κ1) is 13.0. The lowest BCUT2D eigenvalue weighted by atomic mass is 10.3. The maximum Gasteiger partial charge on any atom is 0.268 e. The van der Waals surface area contributed by atoms with Gasteiger partial charge in [0.15, 0.2) is 17.4 Å². The van der Waals surface area contributed by atoms with E-state index in [1.54, 1.807) is 0 Å². The number of hydrogen-bond donors (Lipinski definition) is 2. The number of nitrogen functional groups attached to an aromatic ring is 1. The maximum atomic E-state index is 13.5. The minimum absolute atomic E-state index is 0.0775. The van der Waals surface area contributed by atoms with Crippen molar-refractivity contribution in [1.82, 2.24) is 9.97 Å². The van der Waals surface area contributed by atoms with Crippen LogP contribution in [0, 0.1) is 11.6 Å². The SMILES string of the molecule is COc1c(NN)ncnc1Oc1cc(F)ccc1F. The molecule has 1 aromatic carbocycles. The molecule has 8 heteroatoms. The number of anilines is 1. The second-order valence-electron chi connectivity index (χ2n) is 3.38. The van der Waals surface area contributed by atoms with Crippen LogP contribution in [0.3, 0.4) is 0 Å². The first-order valence-electron chi connectivity index (χ1n) is 5.14. The van der Waals surface area contributed by atoms with Crippen LogP contribution >= 0.6 is 0 Å². The molecule has 0 saturated heterocycles. The van der Waals surface area contributed by atoms with E-state index in [0.29, 0.717) is 0 Å². The van der Waals surface area contributed by atoms with Gasteiger partial charge in [-0.1, -0.05) is 0 Å². The molecule has 0 bridgehead atoms. The fourth-order valence-electron chi connectivity index (χ4n) is 1.38. The number of methoxy groups -OCH3 is 1. The topological polar surface area (TPSA) is 82.3 Å². The molecule has 0 radical (unpaired) electrons. The van der Waals surface area contributed by atoms with Gasteiger partial charge in [-0.05, 0) is 12.1 Å². The quantitative estimate of drug-likeness (QED) is 0.650. The third-order valence-electron chi connectivity index (χ3n) is 2.21. The van der Waals surface area contributed by atoms with Crippen LogP contribution < -0.4 is 20.7 Å². The van der Waals surface area contributed by atoms with Crippen LogP contribution in [0.2, 0.25) is 0 Å². The molecular formula is C11H10F2N4O2. The van der Waals surface area contributed by atoms with E-state index in [1.165, 1.54) is 7.11 Å². The molecule has 19 heavy (non-hydrogen) atoms. The Bertz CT molecular complexity index is 595. The smallest absolute Gasteiger partial charge is 0.268 e. The number of nitrogens with zero attached hydrogens (tertiary/aromatic N) is 2. The fraction of sp³-hybridized carbons (Fsp3) is 0.0909. The summed E-state index contributed by atoms with van der Waals surface area (Å²) in [5.41, 5.74) is 2.27. The van der Waals surface area contributed by atoms with Crippen molar-refractivity contribution in [2.45, 2.75) is 0 Å². The molecule has 100 valence electrons. The van der Waals surface area contributed by atoms with E-state index in [-0.39, 0.29) is 23.2 Å². The molecule has 0 aliphatic rings. The van der Waals surface area contributed by atoms with Crippen LogP contribution in [0.25, 0.3) is 0 Å². The van der Waals surface area contributed by atoms with Crippen LogP contribution in [0.4, 0.5) is 14.6 Å². The van der Waals surface area contributed by atoms with E-state index in [0.717, 1.165) is 24.5 Å². The van der Waals surface area contributed by atoms with Gasteiger partial charge in [0.2, 0.25) is 5.75 Å². The minimum Gasteiger partial charge on any atom is -0.489 e. The number of nitrogens with two attached hydrogens (primary N) is 1. The summed E-state index contributed by atoms with van der Waals surface area (Å²) < 4.78 is 36.7. The van der Waals surface area contributed by atoms with Crippen molar-refractivity contribution in [3.63, 3.8) is 0 Å². The highest BCUT2D eigenvalue weighted by Crippen LogP contribution is 2.34. The zero-order chi connectivity index (χ0) is 13.8. The molecule has 1 heterocycles. The molecule has 0 fully saturated rings. The van der Waals surface area contributed by atoms with Gasteiger partial charge in [-0.2, -0.15) is 4.98 Å². The molecule has 0 aliphatic carbocycles. The summed E-state index contributed by atoms with van der Waals surface area (Å²) in [5.74, 6) is 3.69. The Morgan fingerprint density at radius 3 is 2.74 bits per heavy atom. The first-order chi connectivity index (χ1) is 9.15. The predicted octanol–water partition coefficient (Wildman–Crippen LogP) is 1.84. The summed E-state index contributed by atoms with van der Waals surface area (Å²) in [6, 6.07) is 2.82. The summed E-state index contributed by atoms with van der Waals surface area (Å²) in [6.07, 6.45) is 1.14. The number of nitrogens with one attached hydrogen (secondary N) is 1. The average molecular weight is 268 g/mol. The molecule has 0 saturated carbocycles. The molecule has 0 amide bonds. The van der Waals surface area contributed by atoms with Crippen LogP contribution in [-0.4, -0.2) is 17.1 Å². The van der Waals surface area contributed by atoms with Crippen LogP contribution in [0.5, 0.6) is 17.4 Å². The summed E-state index contributed by atoms with van der Waals surface area (Å²) in [4.78, 5) is 7.57. The summed E-state index contributed by atoms with van der Waals surface area (Å²) in [7, 11) is 1.34. The number of aromatic nitrogens is 2. The molecular weight excluding hydrogens is 258 g/mol. The van der Waals surface area contributed by atoms with Gasteiger partial charge in [-0.15, -0.1) is 0 Å². The van der Waals surface area contributed by atoms with Crippen molar-refractivity contribution < 1.29 is 18.3 Å². The molecule has 3 N–H and O–H groups in total. The Labute approximate surface area is 107 Å². The normalized spacial score (nSPS) is 10.1. The third-order valence-corrected chi connectivity index (χ3v) is 2.21. The lowest BCUT2D eigenvalue weighted by Crippen LogP contribution is -2.11. The Kier molecular flexibility index (Phi) is 3.71. The third kappa shape index (κ3) is 2.68. The van der Waals surface area contributed by atoms with Gasteiger partial charge >= 0.3 is 0 Å². The highest BCUT2D eigenvalue weighted by atomic mass is 19.1. The van der Waals surface area contributed by atoms with Crippen molar-refractivity contribution in [1.29, 1.82) is 0 Å². The summed E-state index contributed by atoms with van der Waals surface area (Å²) in [5, 5.41) is 0. The number of benzene rings is 1. The van der Waals surface area contributed by atoms with Gasteiger partial charge in [0.1, 0.15) is 12.1 Å². The molecule has 0 aliphatic heterocycles. The number of halogens is 2. The van der Waals surface area contributed by atoms with E-state index in [2.05, 4.69) is 15.4 Å². The van der Waals surface area contributed by atoms with Gasteiger partial charge in [-0.25, -0.2) is 19.6 Å².